The Hall–Kier alpha value is -2.27. The molecule has 3 rings (SSSR count). The standard InChI is InChI=1S/C16H15N3OS/c1-20-13-8-4-5-9-14(13)21-10-15-18-12-7-3-2-6-11(12)16(17)19-15/h2-9H,10H2,1H3,(H2,17,18,19). The van der Waals surface area contributed by atoms with E-state index < -0.39 is 0 Å². The first kappa shape index (κ1) is 13.7. The maximum absolute atomic E-state index is 6.00. The Kier molecular flexibility index (Phi) is 3.92. The number of nitrogen functional groups attached to an aromatic ring is 1. The van der Waals surface area contributed by atoms with Crippen LogP contribution < -0.4 is 10.5 Å². The Morgan fingerprint density at radius 1 is 1.05 bits per heavy atom. The van der Waals surface area contributed by atoms with Gasteiger partial charge in [0.15, 0.2) is 0 Å². The van der Waals surface area contributed by atoms with Crippen molar-refractivity contribution >= 4 is 28.5 Å². The van der Waals surface area contributed by atoms with Crippen molar-refractivity contribution in [2.45, 2.75) is 10.6 Å². The van der Waals surface area contributed by atoms with E-state index in [1.807, 2.05) is 48.5 Å². The predicted octanol–water partition coefficient (Wildman–Crippen LogP) is 3.51. The number of thioether (sulfide) groups is 1. The van der Waals surface area contributed by atoms with Gasteiger partial charge in [-0.3, -0.25) is 0 Å². The summed E-state index contributed by atoms with van der Waals surface area (Å²) in [5, 5.41) is 0.892. The largest absolute Gasteiger partial charge is 0.496 e. The predicted molar refractivity (Wildman–Crippen MR) is 86.5 cm³/mol. The number of para-hydroxylation sites is 2. The molecule has 0 amide bonds. The fraction of sp³-hybridized carbons (Fsp3) is 0.125. The highest BCUT2D eigenvalue weighted by atomic mass is 32.2. The molecule has 21 heavy (non-hydrogen) atoms. The molecule has 0 bridgehead atoms. The average molecular weight is 297 g/mol. The number of rotatable bonds is 4. The van der Waals surface area contributed by atoms with Crippen molar-refractivity contribution in [3.63, 3.8) is 0 Å². The number of anilines is 1. The first-order valence-corrected chi connectivity index (χ1v) is 7.53. The third-order valence-electron chi connectivity index (χ3n) is 3.10. The number of ether oxygens (including phenoxy) is 1. The Balaban J connectivity index is 1.85. The summed E-state index contributed by atoms with van der Waals surface area (Å²) in [5.41, 5.74) is 6.87. The summed E-state index contributed by atoms with van der Waals surface area (Å²) in [6.07, 6.45) is 0. The lowest BCUT2D eigenvalue weighted by Gasteiger charge is -2.08. The van der Waals surface area contributed by atoms with Gasteiger partial charge in [-0.1, -0.05) is 24.3 Å². The second-order valence-electron chi connectivity index (χ2n) is 4.48. The van der Waals surface area contributed by atoms with Crippen LogP contribution >= 0.6 is 11.8 Å². The number of nitrogens with zero attached hydrogens (tertiary/aromatic N) is 2. The summed E-state index contributed by atoms with van der Waals surface area (Å²) < 4.78 is 5.34. The van der Waals surface area contributed by atoms with Crippen molar-refractivity contribution in [1.29, 1.82) is 0 Å². The number of hydrogen-bond acceptors (Lipinski definition) is 5. The van der Waals surface area contributed by atoms with Crippen LogP contribution in [0.3, 0.4) is 0 Å². The lowest BCUT2D eigenvalue weighted by atomic mass is 10.2. The van der Waals surface area contributed by atoms with E-state index in [9.17, 15) is 0 Å². The van der Waals surface area contributed by atoms with Gasteiger partial charge in [-0.15, -0.1) is 11.8 Å². The molecule has 3 aromatic rings. The summed E-state index contributed by atoms with van der Waals surface area (Å²) in [6.45, 7) is 0. The molecule has 106 valence electrons. The first-order chi connectivity index (χ1) is 10.3. The van der Waals surface area contributed by atoms with Crippen molar-refractivity contribution in [1.82, 2.24) is 9.97 Å². The molecular weight excluding hydrogens is 282 g/mol. The van der Waals surface area contributed by atoms with Gasteiger partial charge in [-0.05, 0) is 24.3 Å². The van der Waals surface area contributed by atoms with Crippen LogP contribution in [-0.4, -0.2) is 17.1 Å². The van der Waals surface area contributed by atoms with E-state index in [4.69, 9.17) is 10.5 Å². The lowest BCUT2D eigenvalue weighted by molar-refractivity contribution is 0.405. The Bertz CT molecular complexity index is 776. The molecule has 0 radical (unpaired) electrons. The van der Waals surface area contributed by atoms with E-state index in [1.54, 1.807) is 18.9 Å². The summed E-state index contributed by atoms with van der Waals surface area (Å²) >= 11 is 1.64. The van der Waals surface area contributed by atoms with Crippen LogP contribution in [-0.2, 0) is 5.75 Å². The molecule has 0 fully saturated rings. The Labute approximate surface area is 127 Å². The molecule has 0 aliphatic heterocycles. The van der Waals surface area contributed by atoms with Crippen LogP contribution in [0.4, 0.5) is 5.82 Å². The summed E-state index contributed by atoms with van der Waals surface area (Å²) in [6, 6.07) is 15.7. The van der Waals surface area contributed by atoms with Crippen molar-refractivity contribution in [2.75, 3.05) is 12.8 Å². The highest BCUT2D eigenvalue weighted by molar-refractivity contribution is 7.98. The molecule has 4 nitrogen and oxygen atoms in total. The van der Waals surface area contributed by atoms with E-state index in [-0.39, 0.29) is 0 Å². The fourth-order valence-corrected chi connectivity index (χ4v) is 2.98. The Morgan fingerprint density at radius 3 is 2.67 bits per heavy atom. The van der Waals surface area contributed by atoms with E-state index in [0.29, 0.717) is 11.6 Å². The number of methoxy groups -OCH3 is 1. The average Bonchev–Trinajstić information content (AvgIpc) is 2.53. The molecule has 0 atom stereocenters. The van der Waals surface area contributed by atoms with Crippen molar-refractivity contribution in [3.8, 4) is 5.75 Å². The normalized spacial score (nSPS) is 10.7. The Morgan fingerprint density at radius 2 is 1.81 bits per heavy atom. The molecule has 1 heterocycles. The molecule has 5 heteroatoms. The van der Waals surface area contributed by atoms with Crippen LogP contribution in [0.1, 0.15) is 5.82 Å². The molecule has 0 aliphatic rings. The van der Waals surface area contributed by atoms with Gasteiger partial charge in [0.05, 0.1) is 18.4 Å². The monoisotopic (exact) mass is 297 g/mol. The number of nitrogens with two attached hydrogens (primary N) is 1. The van der Waals surface area contributed by atoms with E-state index in [2.05, 4.69) is 9.97 Å². The number of benzene rings is 2. The van der Waals surface area contributed by atoms with Gasteiger partial charge in [-0.2, -0.15) is 0 Å². The van der Waals surface area contributed by atoms with Gasteiger partial charge in [-0.25, -0.2) is 9.97 Å². The number of fused-ring (bicyclic) bond motifs is 1. The highest BCUT2D eigenvalue weighted by Gasteiger charge is 2.07. The topological polar surface area (TPSA) is 61.0 Å². The van der Waals surface area contributed by atoms with Crippen molar-refractivity contribution in [2.24, 2.45) is 0 Å². The summed E-state index contributed by atoms with van der Waals surface area (Å²) in [5.74, 6) is 2.75. The third-order valence-corrected chi connectivity index (χ3v) is 4.16. The molecule has 2 aromatic carbocycles. The SMILES string of the molecule is COc1ccccc1SCc1nc(N)c2ccccc2n1. The summed E-state index contributed by atoms with van der Waals surface area (Å²) in [4.78, 5) is 10.00. The van der Waals surface area contributed by atoms with Crippen LogP contribution in [0, 0.1) is 0 Å². The minimum atomic E-state index is 0.524. The van der Waals surface area contributed by atoms with Crippen LogP contribution in [0.5, 0.6) is 5.75 Å². The smallest absolute Gasteiger partial charge is 0.141 e. The zero-order valence-electron chi connectivity index (χ0n) is 11.6. The van der Waals surface area contributed by atoms with E-state index in [0.717, 1.165) is 27.4 Å². The summed E-state index contributed by atoms with van der Waals surface area (Å²) in [7, 11) is 1.67. The zero-order valence-corrected chi connectivity index (χ0v) is 12.4. The second-order valence-corrected chi connectivity index (χ2v) is 5.50. The second kappa shape index (κ2) is 6.01. The molecular formula is C16H15N3OS. The molecule has 2 N–H and O–H groups in total. The van der Waals surface area contributed by atoms with Crippen LogP contribution in [0.2, 0.25) is 0 Å². The number of aromatic nitrogens is 2. The van der Waals surface area contributed by atoms with Gasteiger partial charge in [0.2, 0.25) is 0 Å². The van der Waals surface area contributed by atoms with E-state index >= 15 is 0 Å². The van der Waals surface area contributed by atoms with Gasteiger partial charge in [0.25, 0.3) is 0 Å². The molecule has 0 spiro atoms. The lowest BCUT2D eigenvalue weighted by Crippen LogP contribution is -2.00. The van der Waals surface area contributed by atoms with Crippen molar-refractivity contribution < 1.29 is 4.74 Å². The van der Waals surface area contributed by atoms with Gasteiger partial charge < -0.3 is 10.5 Å². The molecule has 1 aromatic heterocycles. The van der Waals surface area contributed by atoms with Crippen molar-refractivity contribution in [3.05, 3.63) is 54.4 Å². The fourth-order valence-electron chi connectivity index (χ4n) is 2.10. The molecule has 0 aliphatic carbocycles. The van der Waals surface area contributed by atoms with Crippen LogP contribution in [0.15, 0.2) is 53.4 Å². The minimum Gasteiger partial charge on any atom is -0.496 e. The maximum Gasteiger partial charge on any atom is 0.141 e. The van der Waals surface area contributed by atoms with Gasteiger partial charge in [0.1, 0.15) is 17.4 Å². The first-order valence-electron chi connectivity index (χ1n) is 6.55. The number of hydrogen-bond donors (Lipinski definition) is 1. The van der Waals surface area contributed by atoms with Gasteiger partial charge in [0, 0.05) is 10.3 Å². The van der Waals surface area contributed by atoms with Crippen LogP contribution in [0.25, 0.3) is 10.9 Å². The quantitative estimate of drug-likeness (QED) is 0.747. The molecule has 0 saturated carbocycles. The van der Waals surface area contributed by atoms with Gasteiger partial charge >= 0.3 is 0 Å². The van der Waals surface area contributed by atoms with E-state index in [1.165, 1.54) is 0 Å². The third kappa shape index (κ3) is 2.92. The maximum atomic E-state index is 6.00. The zero-order chi connectivity index (χ0) is 14.7. The molecule has 0 unspecified atom stereocenters. The molecule has 0 saturated heterocycles. The highest BCUT2D eigenvalue weighted by Crippen LogP contribution is 2.31. The minimum absolute atomic E-state index is 0.524.